The minimum atomic E-state index is 0.904. The molecule has 0 atom stereocenters. The van der Waals surface area contributed by atoms with Crippen molar-refractivity contribution < 1.29 is 0 Å². The van der Waals surface area contributed by atoms with E-state index in [0.29, 0.717) is 0 Å². The molecule has 4 heteroatoms. The third-order valence-electron chi connectivity index (χ3n) is 4.81. The minimum absolute atomic E-state index is 0.904. The molecule has 0 saturated carbocycles. The SMILES string of the molecule is C=C/C(=C\N=CN)CCn1c2c(c3cc(C)ccc31)CN(C)CC2. The average Bonchev–Trinajstić information content (AvgIpc) is 2.87. The van der Waals surface area contributed by atoms with Gasteiger partial charge < -0.3 is 15.2 Å². The number of fused-ring (bicyclic) bond motifs is 3. The summed E-state index contributed by atoms with van der Waals surface area (Å²) >= 11 is 0. The summed E-state index contributed by atoms with van der Waals surface area (Å²) < 4.78 is 2.49. The van der Waals surface area contributed by atoms with Crippen LogP contribution >= 0.6 is 0 Å². The molecule has 1 aromatic carbocycles. The van der Waals surface area contributed by atoms with E-state index in [1.165, 1.54) is 34.1 Å². The van der Waals surface area contributed by atoms with Gasteiger partial charge in [0.1, 0.15) is 0 Å². The Morgan fingerprint density at radius 2 is 2.25 bits per heavy atom. The summed E-state index contributed by atoms with van der Waals surface area (Å²) in [6.45, 7) is 9.14. The van der Waals surface area contributed by atoms with Crippen molar-refractivity contribution in [1.82, 2.24) is 9.47 Å². The van der Waals surface area contributed by atoms with Crippen molar-refractivity contribution >= 4 is 17.2 Å². The molecule has 2 aromatic rings. The monoisotopic (exact) mass is 322 g/mol. The number of likely N-dealkylation sites (N-methyl/N-ethyl adjacent to an activating group) is 1. The number of rotatable bonds is 5. The lowest BCUT2D eigenvalue weighted by atomic mass is 10.0. The number of aliphatic imine (C=N–C) groups is 1. The number of nitrogens with zero attached hydrogens (tertiary/aromatic N) is 3. The maximum absolute atomic E-state index is 5.33. The molecule has 0 aliphatic carbocycles. The van der Waals surface area contributed by atoms with Gasteiger partial charge >= 0.3 is 0 Å². The second kappa shape index (κ2) is 7.05. The molecule has 1 aliphatic heterocycles. The Morgan fingerprint density at radius 3 is 3.00 bits per heavy atom. The van der Waals surface area contributed by atoms with E-state index in [9.17, 15) is 0 Å². The van der Waals surface area contributed by atoms with Gasteiger partial charge in [0.15, 0.2) is 0 Å². The van der Waals surface area contributed by atoms with Gasteiger partial charge in [0.05, 0.1) is 6.34 Å². The zero-order valence-electron chi connectivity index (χ0n) is 14.6. The molecule has 126 valence electrons. The molecule has 4 nitrogen and oxygen atoms in total. The van der Waals surface area contributed by atoms with E-state index in [0.717, 1.165) is 38.0 Å². The van der Waals surface area contributed by atoms with Crippen LogP contribution in [0.5, 0.6) is 0 Å². The van der Waals surface area contributed by atoms with Crippen LogP contribution in [0.3, 0.4) is 0 Å². The van der Waals surface area contributed by atoms with E-state index >= 15 is 0 Å². The Kier molecular flexibility index (Phi) is 4.86. The van der Waals surface area contributed by atoms with Gasteiger partial charge in [0.2, 0.25) is 0 Å². The van der Waals surface area contributed by atoms with Gasteiger partial charge in [-0.05, 0) is 43.7 Å². The molecular formula is C20H26N4. The van der Waals surface area contributed by atoms with Crippen molar-refractivity contribution in [1.29, 1.82) is 0 Å². The van der Waals surface area contributed by atoms with E-state index < -0.39 is 0 Å². The van der Waals surface area contributed by atoms with Crippen LogP contribution in [-0.4, -0.2) is 29.4 Å². The Hall–Kier alpha value is -2.33. The summed E-state index contributed by atoms with van der Waals surface area (Å²) in [5.74, 6) is 0. The molecule has 0 unspecified atom stereocenters. The highest BCUT2D eigenvalue weighted by atomic mass is 15.1. The molecule has 2 N–H and O–H groups in total. The lowest BCUT2D eigenvalue weighted by molar-refractivity contribution is 0.309. The van der Waals surface area contributed by atoms with Crippen LogP contribution in [0.4, 0.5) is 0 Å². The summed E-state index contributed by atoms with van der Waals surface area (Å²) in [4.78, 5) is 6.42. The third-order valence-corrected chi connectivity index (χ3v) is 4.81. The summed E-state index contributed by atoms with van der Waals surface area (Å²) in [7, 11) is 2.20. The third kappa shape index (κ3) is 3.15. The van der Waals surface area contributed by atoms with Crippen molar-refractivity contribution in [2.75, 3.05) is 13.6 Å². The van der Waals surface area contributed by atoms with Gasteiger partial charge in [0, 0.05) is 48.9 Å². The first-order chi connectivity index (χ1) is 11.6. The Labute approximate surface area is 144 Å². The lowest BCUT2D eigenvalue weighted by Gasteiger charge is -2.24. The van der Waals surface area contributed by atoms with Crippen LogP contribution in [0.1, 0.15) is 23.2 Å². The minimum Gasteiger partial charge on any atom is -0.390 e. The van der Waals surface area contributed by atoms with Crippen LogP contribution in [0.2, 0.25) is 0 Å². The zero-order chi connectivity index (χ0) is 17.1. The van der Waals surface area contributed by atoms with Crippen molar-refractivity contribution in [3.8, 4) is 0 Å². The van der Waals surface area contributed by atoms with Crippen LogP contribution in [-0.2, 0) is 19.5 Å². The highest BCUT2D eigenvalue weighted by molar-refractivity contribution is 5.86. The molecule has 0 radical (unpaired) electrons. The number of aryl methyl sites for hydroxylation is 2. The summed E-state index contributed by atoms with van der Waals surface area (Å²) in [5, 5.41) is 1.40. The maximum atomic E-state index is 5.33. The van der Waals surface area contributed by atoms with E-state index in [2.05, 4.69) is 53.2 Å². The summed E-state index contributed by atoms with van der Waals surface area (Å²) in [6, 6.07) is 6.79. The van der Waals surface area contributed by atoms with Crippen LogP contribution in [0.25, 0.3) is 10.9 Å². The van der Waals surface area contributed by atoms with Gasteiger partial charge in [-0.2, -0.15) is 0 Å². The normalized spacial score (nSPS) is 16.0. The average molecular weight is 322 g/mol. The number of allylic oxidation sites excluding steroid dienone is 2. The fourth-order valence-electron chi connectivity index (χ4n) is 3.55. The first-order valence-corrected chi connectivity index (χ1v) is 8.48. The van der Waals surface area contributed by atoms with E-state index in [1.807, 2.05) is 6.08 Å². The van der Waals surface area contributed by atoms with Crippen LogP contribution in [0, 0.1) is 6.92 Å². The molecule has 0 bridgehead atoms. The molecule has 0 spiro atoms. The lowest BCUT2D eigenvalue weighted by Crippen LogP contribution is -2.27. The van der Waals surface area contributed by atoms with E-state index in [1.54, 1.807) is 6.20 Å². The molecular weight excluding hydrogens is 296 g/mol. The van der Waals surface area contributed by atoms with Crippen molar-refractivity contribution in [3.63, 3.8) is 0 Å². The zero-order valence-corrected chi connectivity index (χ0v) is 14.6. The molecule has 1 aliphatic rings. The largest absolute Gasteiger partial charge is 0.390 e. The topological polar surface area (TPSA) is 46.5 Å². The Bertz CT molecular complexity index is 811. The summed E-state index contributed by atoms with van der Waals surface area (Å²) in [6.07, 6.45) is 6.98. The smallest absolute Gasteiger partial charge is 0.0852 e. The number of nitrogens with two attached hydrogens (primary N) is 1. The predicted molar refractivity (Wildman–Crippen MR) is 102 cm³/mol. The van der Waals surface area contributed by atoms with Crippen molar-refractivity contribution in [2.45, 2.75) is 32.9 Å². The highest BCUT2D eigenvalue weighted by Crippen LogP contribution is 2.31. The van der Waals surface area contributed by atoms with E-state index in [4.69, 9.17) is 5.73 Å². The standard InChI is InChI=1S/C20H26N4/c1-4-16(12-22-14-21)7-10-24-19-6-5-15(2)11-17(19)18-13-23(3)9-8-20(18)24/h4-6,11-12,14H,1,7-10,13H2,2-3H3,(H2,21,22)/b16-12+. The summed E-state index contributed by atoms with van der Waals surface area (Å²) in [5.41, 5.74) is 12.1. The molecule has 0 amide bonds. The number of hydrogen-bond donors (Lipinski definition) is 1. The predicted octanol–water partition coefficient (Wildman–Crippen LogP) is 3.38. The molecule has 2 heterocycles. The first-order valence-electron chi connectivity index (χ1n) is 8.48. The molecule has 0 fully saturated rings. The quantitative estimate of drug-likeness (QED) is 0.521. The van der Waals surface area contributed by atoms with Crippen molar-refractivity contribution in [3.05, 3.63) is 59.4 Å². The molecule has 1 aromatic heterocycles. The number of hydrogen-bond acceptors (Lipinski definition) is 2. The van der Waals surface area contributed by atoms with Gasteiger partial charge in [-0.3, -0.25) is 0 Å². The fourth-order valence-corrected chi connectivity index (χ4v) is 3.55. The van der Waals surface area contributed by atoms with Crippen molar-refractivity contribution in [2.24, 2.45) is 10.7 Å². The fraction of sp³-hybridized carbons (Fsp3) is 0.350. The van der Waals surface area contributed by atoms with Crippen LogP contribution in [0.15, 0.2) is 47.6 Å². The van der Waals surface area contributed by atoms with Gasteiger partial charge in [0.25, 0.3) is 0 Å². The van der Waals surface area contributed by atoms with Gasteiger partial charge in [-0.1, -0.05) is 24.3 Å². The molecule has 0 saturated heterocycles. The Morgan fingerprint density at radius 1 is 1.42 bits per heavy atom. The number of aromatic nitrogens is 1. The second-order valence-corrected chi connectivity index (χ2v) is 6.54. The second-order valence-electron chi connectivity index (χ2n) is 6.54. The number of benzene rings is 1. The first kappa shape index (κ1) is 16.5. The van der Waals surface area contributed by atoms with Gasteiger partial charge in [-0.25, -0.2) is 4.99 Å². The molecule has 24 heavy (non-hydrogen) atoms. The maximum Gasteiger partial charge on any atom is 0.0852 e. The highest BCUT2D eigenvalue weighted by Gasteiger charge is 2.22. The van der Waals surface area contributed by atoms with E-state index in [-0.39, 0.29) is 0 Å². The van der Waals surface area contributed by atoms with Gasteiger partial charge in [-0.15, -0.1) is 0 Å². The Balaban J connectivity index is 2.00. The van der Waals surface area contributed by atoms with Crippen LogP contribution < -0.4 is 5.73 Å². The molecule has 3 rings (SSSR count).